The fourth-order valence-electron chi connectivity index (χ4n) is 1.59. The third-order valence-corrected chi connectivity index (χ3v) is 2.56. The minimum absolute atomic E-state index is 0.206. The Morgan fingerprint density at radius 1 is 1.64 bits per heavy atom. The van der Waals surface area contributed by atoms with Gasteiger partial charge in [0.2, 0.25) is 0 Å². The molecule has 1 rings (SSSR count). The van der Waals surface area contributed by atoms with Gasteiger partial charge in [0.15, 0.2) is 0 Å². The van der Waals surface area contributed by atoms with Crippen LogP contribution in [0.2, 0.25) is 0 Å². The molecule has 0 bridgehead atoms. The maximum Gasteiger partial charge on any atom is 0.0507 e. The lowest BCUT2D eigenvalue weighted by molar-refractivity contribution is 0.182. The van der Waals surface area contributed by atoms with Gasteiger partial charge in [-0.15, -0.1) is 0 Å². The Labute approximate surface area is 86.1 Å². The summed E-state index contributed by atoms with van der Waals surface area (Å²) in [5.74, 6) is 0.685. The van der Waals surface area contributed by atoms with E-state index in [0.29, 0.717) is 5.92 Å². The molecule has 0 saturated carbocycles. The fourth-order valence-corrected chi connectivity index (χ4v) is 1.59. The molecule has 0 amide bonds. The van der Waals surface area contributed by atoms with E-state index in [1.54, 1.807) is 7.11 Å². The number of nitrogens with one attached hydrogen (secondary N) is 1. The van der Waals surface area contributed by atoms with Crippen molar-refractivity contribution in [1.82, 2.24) is 5.32 Å². The number of rotatable bonds is 7. The standard InChI is InChI=1S/C10H22N2O2/c1-13-4-3-10(11)7-12-6-9-2-5-14-8-9/h9-10,12H,2-8,11H2,1H3. The highest BCUT2D eigenvalue weighted by Crippen LogP contribution is 2.10. The summed E-state index contributed by atoms with van der Waals surface area (Å²) in [6.45, 7) is 4.47. The van der Waals surface area contributed by atoms with Gasteiger partial charge in [0.25, 0.3) is 0 Å². The van der Waals surface area contributed by atoms with Gasteiger partial charge in [-0.2, -0.15) is 0 Å². The monoisotopic (exact) mass is 202 g/mol. The summed E-state index contributed by atoms with van der Waals surface area (Å²) in [6.07, 6.45) is 2.10. The van der Waals surface area contributed by atoms with Crippen LogP contribution in [0.1, 0.15) is 12.8 Å². The first kappa shape index (κ1) is 11.9. The highest BCUT2D eigenvalue weighted by atomic mass is 16.5. The number of nitrogens with two attached hydrogens (primary N) is 1. The van der Waals surface area contributed by atoms with E-state index in [1.807, 2.05) is 0 Å². The van der Waals surface area contributed by atoms with Gasteiger partial charge >= 0.3 is 0 Å². The van der Waals surface area contributed by atoms with E-state index in [1.165, 1.54) is 6.42 Å². The van der Waals surface area contributed by atoms with Crippen molar-refractivity contribution in [2.24, 2.45) is 11.7 Å². The molecule has 84 valence electrons. The van der Waals surface area contributed by atoms with Gasteiger partial charge in [0.05, 0.1) is 6.61 Å². The molecule has 3 N–H and O–H groups in total. The summed E-state index contributed by atoms with van der Waals surface area (Å²) >= 11 is 0. The molecule has 0 radical (unpaired) electrons. The Bertz CT molecular complexity index is 138. The summed E-state index contributed by atoms with van der Waals surface area (Å²) in [5.41, 5.74) is 5.87. The molecule has 14 heavy (non-hydrogen) atoms. The van der Waals surface area contributed by atoms with Gasteiger partial charge in [-0.05, 0) is 18.8 Å². The summed E-state index contributed by atoms with van der Waals surface area (Å²) in [4.78, 5) is 0. The van der Waals surface area contributed by atoms with Crippen LogP contribution in [0.5, 0.6) is 0 Å². The lowest BCUT2D eigenvalue weighted by Crippen LogP contribution is -2.37. The van der Waals surface area contributed by atoms with E-state index in [-0.39, 0.29) is 6.04 Å². The van der Waals surface area contributed by atoms with Crippen molar-refractivity contribution in [2.45, 2.75) is 18.9 Å². The van der Waals surface area contributed by atoms with Crippen molar-refractivity contribution in [1.29, 1.82) is 0 Å². The van der Waals surface area contributed by atoms with E-state index in [2.05, 4.69) is 5.32 Å². The third kappa shape index (κ3) is 4.91. The Balaban J connectivity index is 1.91. The molecule has 1 saturated heterocycles. The van der Waals surface area contributed by atoms with Crippen molar-refractivity contribution in [3.63, 3.8) is 0 Å². The number of hydrogen-bond donors (Lipinski definition) is 2. The van der Waals surface area contributed by atoms with E-state index < -0.39 is 0 Å². The number of methoxy groups -OCH3 is 1. The highest BCUT2D eigenvalue weighted by molar-refractivity contribution is 4.70. The van der Waals surface area contributed by atoms with E-state index in [0.717, 1.165) is 39.3 Å². The lowest BCUT2D eigenvalue weighted by atomic mass is 10.1. The Kier molecular flexibility index (Phi) is 6.10. The van der Waals surface area contributed by atoms with Crippen LogP contribution in [0.15, 0.2) is 0 Å². The molecule has 0 spiro atoms. The molecule has 1 heterocycles. The van der Waals surface area contributed by atoms with Crippen molar-refractivity contribution in [3.05, 3.63) is 0 Å². The smallest absolute Gasteiger partial charge is 0.0507 e. The van der Waals surface area contributed by atoms with E-state index >= 15 is 0 Å². The first-order valence-electron chi connectivity index (χ1n) is 5.36. The van der Waals surface area contributed by atoms with Crippen LogP contribution in [-0.2, 0) is 9.47 Å². The molecule has 0 aliphatic carbocycles. The zero-order valence-corrected chi connectivity index (χ0v) is 9.00. The minimum Gasteiger partial charge on any atom is -0.385 e. The second-order valence-electron chi connectivity index (χ2n) is 3.93. The van der Waals surface area contributed by atoms with Crippen LogP contribution < -0.4 is 11.1 Å². The van der Waals surface area contributed by atoms with Crippen LogP contribution in [0, 0.1) is 5.92 Å². The van der Waals surface area contributed by atoms with Crippen LogP contribution in [-0.4, -0.2) is 46.1 Å². The Morgan fingerprint density at radius 3 is 3.14 bits per heavy atom. The maximum atomic E-state index is 5.87. The molecule has 4 nitrogen and oxygen atoms in total. The van der Waals surface area contributed by atoms with Gasteiger partial charge in [-0.3, -0.25) is 0 Å². The summed E-state index contributed by atoms with van der Waals surface area (Å²) in [6, 6.07) is 0.206. The molecular weight excluding hydrogens is 180 g/mol. The van der Waals surface area contributed by atoms with Crippen LogP contribution >= 0.6 is 0 Å². The van der Waals surface area contributed by atoms with E-state index in [9.17, 15) is 0 Å². The molecule has 2 atom stereocenters. The molecule has 1 aliphatic heterocycles. The Hall–Kier alpha value is -0.160. The molecule has 2 unspecified atom stereocenters. The summed E-state index contributed by atoms with van der Waals surface area (Å²) < 4.78 is 10.3. The van der Waals surface area contributed by atoms with Gasteiger partial charge < -0.3 is 20.5 Å². The fraction of sp³-hybridized carbons (Fsp3) is 1.00. The van der Waals surface area contributed by atoms with Crippen LogP contribution in [0.25, 0.3) is 0 Å². The predicted octanol–water partition coefficient (Wildman–Crippen LogP) is -0.0237. The van der Waals surface area contributed by atoms with Crippen molar-refractivity contribution < 1.29 is 9.47 Å². The predicted molar refractivity (Wildman–Crippen MR) is 56.3 cm³/mol. The second kappa shape index (κ2) is 7.17. The zero-order chi connectivity index (χ0) is 10.2. The first-order valence-corrected chi connectivity index (χ1v) is 5.36. The number of hydrogen-bond acceptors (Lipinski definition) is 4. The van der Waals surface area contributed by atoms with Crippen molar-refractivity contribution >= 4 is 0 Å². The summed E-state index contributed by atoms with van der Waals surface area (Å²) in [5, 5.41) is 3.38. The first-order chi connectivity index (χ1) is 6.83. The number of ether oxygens (including phenoxy) is 2. The molecule has 1 aliphatic rings. The van der Waals surface area contributed by atoms with Crippen LogP contribution in [0.3, 0.4) is 0 Å². The van der Waals surface area contributed by atoms with Gasteiger partial charge in [-0.25, -0.2) is 0 Å². The highest BCUT2D eigenvalue weighted by Gasteiger charge is 2.14. The molecule has 0 aromatic carbocycles. The molecular formula is C10H22N2O2. The maximum absolute atomic E-state index is 5.87. The normalized spacial score (nSPS) is 24.0. The van der Waals surface area contributed by atoms with Crippen molar-refractivity contribution in [3.8, 4) is 0 Å². The van der Waals surface area contributed by atoms with Gasteiger partial charge in [0.1, 0.15) is 0 Å². The molecule has 4 heteroatoms. The van der Waals surface area contributed by atoms with Crippen LogP contribution in [0.4, 0.5) is 0 Å². The van der Waals surface area contributed by atoms with Crippen molar-refractivity contribution in [2.75, 3.05) is 40.0 Å². The van der Waals surface area contributed by atoms with Gasteiger partial charge in [-0.1, -0.05) is 0 Å². The minimum atomic E-state index is 0.206. The molecule has 0 aromatic rings. The van der Waals surface area contributed by atoms with Gasteiger partial charge in [0, 0.05) is 39.5 Å². The topological polar surface area (TPSA) is 56.5 Å². The zero-order valence-electron chi connectivity index (χ0n) is 9.00. The second-order valence-corrected chi connectivity index (χ2v) is 3.93. The average Bonchev–Trinajstić information content (AvgIpc) is 2.67. The molecule has 1 fully saturated rings. The average molecular weight is 202 g/mol. The Morgan fingerprint density at radius 2 is 2.50 bits per heavy atom. The SMILES string of the molecule is COCCC(N)CNCC1CCOC1. The third-order valence-electron chi connectivity index (χ3n) is 2.56. The quantitative estimate of drug-likeness (QED) is 0.609. The molecule has 0 aromatic heterocycles. The summed E-state index contributed by atoms with van der Waals surface area (Å²) in [7, 11) is 1.70. The lowest BCUT2D eigenvalue weighted by Gasteiger charge is -2.14. The van der Waals surface area contributed by atoms with E-state index in [4.69, 9.17) is 15.2 Å². The largest absolute Gasteiger partial charge is 0.385 e.